The number of carbonyl (C=O) groups excluding carboxylic acids is 1. The molecule has 1 fully saturated rings. The summed E-state index contributed by atoms with van der Waals surface area (Å²) in [6.45, 7) is 4.33. The van der Waals surface area contributed by atoms with E-state index in [1.165, 1.54) is 18.4 Å². The van der Waals surface area contributed by atoms with Gasteiger partial charge in [-0.2, -0.15) is 0 Å². The number of thioether (sulfide) groups is 1. The number of piperazine rings is 1. The molecule has 1 atom stereocenters. The summed E-state index contributed by atoms with van der Waals surface area (Å²) in [5.41, 5.74) is 3.44. The number of nitrogens with one attached hydrogen (secondary N) is 2. The second-order valence-corrected chi connectivity index (χ2v) is 19.3. The van der Waals surface area contributed by atoms with Gasteiger partial charge in [-0.1, -0.05) is 36.4 Å². The third kappa shape index (κ3) is 11.7. The van der Waals surface area contributed by atoms with Crippen LogP contribution in [0.3, 0.4) is 0 Å². The van der Waals surface area contributed by atoms with Gasteiger partial charge in [-0.3, -0.25) is 24.8 Å². The number of nitro groups is 1. The molecule has 0 spiro atoms. The average Bonchev–Trinajstić information content (AvgIpc) is 3.22. The van der Waals surface area contributed by atoms with Crippen LogP contribution in [-0.4, -0.2) is 107 Å². The van der Waals surface area contributed by atoms with Gasteiger partial charge in [0.15, 0.2) is 9.84 Å². The van der Waals surface area contributed by atoms with Crippen LogP contribution in [0.5, 0.6) is 0 Å². The van der Waals surface area contributed by atoms with Crippen molar-refractivity contribution in [3.8, 4) is 11.3 Å². The highest BCUT2D eigenvalue weighted by Crippen LogP contribution is 2.31. The van der Waals surface area contributed by atoms with E-state index >= 15 is 0 Å². The maximum atomic E-state index is 13.4. The summed E-state index contributed by atoms with van der Waals surface area (Å²) in [6, 6.07) is 30.6. The van der Waals surface area contributed by atoms with Crippen molar-refractivity contribution in [2.24, 2.45) is 0 Å². The topological polar surface area (TPSA) is 175 Å². The van der Waals surface area contributed by atoms with Gasteiger partial charge in [0.25, 0.3) is 21.6 Å². The first-order chi connectivity index (χ1) is 28.2. The second kappa shape index (κ2) is 19.2. The zero-order chi connectivity index (χ0) is 42.2. The molecule has 0 unspecified atom stereocenters. The molecule has 2 heterocycles. The molecule has 6 rings (SSSR count). The summed E-state index contributed by atoms with van der Waals surface area (Å²) in [5.74, 6) is -0.229. The van der Waals surface area contributed by atoms with Gasteiger partial charge >= 0.3 is 0 Å². The maximum Gasteiger partial charge on any atom is 0.293 e. The largest absolute Gasteiger partial charge is 0.376 e. The van der Waals surface area contributed by atoms with E-state index in [-0.39, 0.29) is 22.2 Å². The first kappa shape index (κ1) is 43.3. The van der Waals surface area contributed by atoms with Crippen LogP contribution in [0.2, 0.25) is 0 Å². The highest BCUT2D eigenvalue weighted by Gasteiger charge is 2.26. The summed E-state index contributed by atoms with van der Waals surface area (Å²) < 4.78 is 52.6. The predicted octanol–water partition coefficient (Wildman–Crippen LogP) is 6.03. The first-order valence-corrected chi connectivity index (χ1v) is 23.3. The molecule has 0 radical (unpaired) electrons. The van der Waals surface area contributed by atoms with Gasteiger partial charge in [0.05, 0.1) is 20.4 Å². The maximum absolute atomic E-state index is 13.4. The zero-order valence-corrected chi connectivity index (χ0v) is 35.5. The molecule has 0 bridgehead atoms. The number of carbonyl (C=O) groups is 1. The number of hydrogen-bond acceptors (Lipinski definition) is 13. The second-order valence-electron chi connectivity index (χ2n) is 14.5. The SMILES string of the molecule is CN(C)CC[C@H](CSc1ccccc1)Nc1ccc(S(=O)(=O)NC(=O)c2ccc(N3CCN(Cc4cccnc4-c4ccc(S(C)(=O)=O)cc4)CC3)cc2)cc1[N+](=O)[O-]. The van der Waals surface area contributed by atoms with E-state index in [4.69, 9.17) is 0 Å². The van der Waals surface area contributed by atoms with Gasteiger partial charge in [0, 0.05) is 84.7 Å². The number of rotatable bonds is 17. The van der Waals surface area contributed by atoms with Gasteiger partial charge < -0.3 is 15.1 Å². The fraction of sp³-hybridized carbons (Fsp3) is 0.286. The molecule has 5 aromatic rings. The molecule has 1 aromatic heterocycles. The molecule has 1 saturated heterocycles. The Kier molecular flexibility index (Phi) is 14.0. The Labute approximate surface area is 349 Å². The molecule has 59 heavy (non-hydrogen) atoms. The van der Waals surface area contributed by atoms with Crippen molar-refractivity contribution in [1.29, 1.82) is 0 Å². The molecule has 14 nitrogen and oxygen atoms in total. The molecule has 310 valence electrons. The fourth-order valence-electron chi connectivity index (χ4n) is 6.65. The standard InChI is InChI=1S/C42H47N7O7S3/c1-46(2)23-21-34(30-57-36-9-5-4-6-10-36)44-39-20-19-38(28-40(39)49(51)52)59(55,56)45-42(50)32-11-15-35(16-12-32)48-26-24-47(25-27-48)29-33-8-7-22-43-41(33)31-13-17-37(18-14-31)58(3,53)54/h4-20,22,28,34,44H,21,23-27,29-30H2,1-3H3,(H,45,50)/t34-/m1/s1. The van der Waals surface area contributed by atoms with E-state index in [0.29, 0.717) is 31.8 Å². The summed E-state index contributed by atoms with van der Waals surface area (Å²) in [6.07, 6.45) is 3.59. The molecule has 1 aliphatic rings. The Balaban J connectivity index is 1.06. The van der Waals surface area contributed by atoms with E-state index in [0.717, 1.165) is 53.1 Å². The van der Waals surface area contributed by atoms with Crippen LogP contribution in [0.15, 0.2) is 130 Å². The molecule has 1 aliphatic heterocycles. The third-order valence-electron chi connectivity index (χ3n) is 9.89. The van der Waals surface area contributed by atoms with Gasteiger partial charge in [0.2, 0.25) is 0 Å². The van der Waals surface area contributed by atoms with E-state index in [1.807, 2.05) is 61.5 Å². The number of aromatic nitrogens is 1. The summed E-state index contributed by atoms with van der Waals surface area (Å²) >= 11 is 1.62. The number of anilines is 2. The van der Waals surface area contributed by atoms with Crippen molar-refractivity contribution >= 4 is 54.6 Å². The van der Waals surface area contributed by atoms with Crippen molar-refractivity contribution in [3.05, 3.63) is 137 Å². The quantitative estimate of drug-likeness (QED) is 0.0631. The highest BCUT2D eigenvalue weighted by molar-refractivity contribution is 7.99. The smallest absolute Gasteiger partial charge is 0.293 e. The lowest BCUT2D eigenvalue weighted by molar-refractivity contribution is -0.384. The number of sulfone groups is 1. The zero-order valence-electron chi connectivity index (χ0n) is 33.0. The van der Waals surface area contributed by atoms with Crippen LogP contribution in [0.25, 0.3) is 11.3 Å². The molecular formula is C42H47N7O7S3. The number of pyridine rings is 1. The lowest BCUT2D eigenvalue weighted by atomic mass is 10.1. The van der Waals surface area contributed by atoms with Gasteiger partial charge in [0.1, 0.15) is 5.69 Å². The summed E-state index contributed by atoms with van der Waals surface area (Å²) in [5, 5.41) is 15.4. The molecule has 4 aromatic carbocycles. The first-order valence-electron chi connectivity index (χ1n) is 18.9. The van der Waals surface area contributed by atoms with E-state index in [1.54, 1.807) is 66.5 Å². The minimum absolute atomic E-state index is 0.122. The Morgan fingerprint density at radius 3 is 2.20 bits per heavy atom. The van der Waals surface area contributed by atoms with Crippen LogP contribution in [0.4, 0.5) is 17.1 Å². The van der Waals surface area contributed by atoms with Gasteiger partial charge in [-0.05, 0) is 99.4 Å². The van der Waals surface area contributed by atoms with E-state index in [9.17, 15) is 31.7 Å². The van der Waals surface area contributed by atoms with Crippen LogP contribution in [0.1, 0.15) is 22.3 Å². The van der Waals surface area contributed by atoms with Crippen LogP contribution < -0.4 is 14.9 Å². The van der Waals surface area contributed by atoms with E-state index < -0.39 is 41.3 Å². The fourth-order valence-corrected chi connectivity index (χ4v) is 9.27. The van der Waals surface area contributed by atoms with Crippen molar-refractivity contribution in [3.63, 3.8) is 0 Å². The number of nitrogens with zero attached hydrogens (tertiary/aromatic N) is 5. The minimum atomic E-state index is -4.46. The number of benzene rings is 4. The average molecular weight is 858 g/mol. The van der Waals surface area contributed by atoms with Crippen molar-refractivity contribution < 1.29 is 26.6 Å². The minimum Gasteiger partial charge on any atom is -0.376 e. The molecule has 0 saturated carbocycles. The Morgan fingerprint density at radius 1 is 0.881 bits per heavy atom. The lowest BCUT2D eigenvalue weighted by Crippen LogP contribution is -2.46. The molecule has 17 heteroatoms. The lowest BCUT2D eigenvalue weighted by Gasteiger charge is -2.36. The molecular weight excluding hydrogens is 811 g/mol. The summed E-state index contributed by atoms with van der Waals surface area (Å²) in [7, 11) is -3.86. The van der Waals surface area contributed by atoms with Crippen LogP contribution in [0, 0.1) is 10.1 Å². The Bertz CT molecular complexity index is 2460. The van der Waals surface area contributed by atoms with Gasteiger partial charge in [-0.25, -0.2) is 21.6 Å². The Morgan fingerprint density at radius 2 is 1.56 bits per heavy atom. The predicted molar refractivity (Wildman–Crippen MR) is 232 cm³/mol. The number of nitro benzene ring substituents is 1. The van der Waals surface area contributed by atoms with Crippen LogP contribution in [-0.2, 0) is 26.4 Å². The highest BCUT2D eigenvalue weighted by atomic mass is 32.2. The van der Waals surface area contributed by atoms with Crippen molar-refractivity contribution in [2.75, 3.05) is 69.0 Å². The number of sulfonamides is 1. The van der Waals surface area contributed by atoms with Crippen LogP contribution >= 0.6 is 11.8 Å². The summed E-state index contributed by atoms with van der Waals surface area (Å²) in [4.78, 5) is 36.8. The Hall–Kier alpha value is -5.33. The number of amides is 1. The monoisotopic (exact) mass is 857 g/mol. The molecule has 0 aliphatic carbocycles. The molecule has 1 amide bonds. The third-order valence-corrected chi connectivity index (χ3v) is 13.5. The van der Waals surface area contributed by atoms with Crippen molar-refractivity contribution in [2.45, 2.75) is 33.7 Å². The van der Waals surface area contributed by atoms with E-state index in [2.05, 4.69) is 24.8 Å². The molecule has 2 N–H and O–H groups in total. The van der Waals surface area contributed by atoms with Crippen molar-refractivity contribution in [1.82, 2.24) is 19.5 Å². The van der Waals surface area contributed by atoms with Gasteiger partial charge in [-0.15, -0.1) is 11.8 Å². The normalized spacial score (nSPS) is 14.2. The number of hydrogen-bond donors (Lipinski definition) is 2.